The summed E-state index contributed by atoms with van der Waals surface area (Å²) in [5, 5.41) is 4.21. The fraction of sp³-hybridized carbons (Fsp3) is 0.625. The lowest BCUT2D eigenvalue weighted by molar-refractivity contribution is 0.198. The van der Waals surface area contributed by atoms with E-state index < -0.39 is 0 Å². The van der Waals surface area contributed by atoms with Crippen molar-refractivity contribution in [1.82, 2.24) is 10.2 Å². The lowest BCUT2D eigenvalue weighted by Gasteiger charge is -2.36. The van der Waals surface area contributed by atoms with E-state index in [4.69, 9.17) is 16.3 Å². The van der Waals surface area contributed by atoms with E-state index in [0.717, 1.165) is 50.9 Å². The highest BCUT2D eigenvalue weighted by atomic mass is 35.5. The Morgan fingerprint density at radius 3 is 2.71 bits per heavy atom. The molecular formula is C16H26ClN3O. The average molecular weight is 312 g/mol. The molecule has 0 amide bonds. The minimum absolute atomic E-state index is 0.790. The molecule has 1 aliphatic rings. The molecule has 5 heteroatoms. The van der Waals surface area contributed by atoms with E-state index in [1.54, 1.807) is 7.11 Å². The largest absolute Gasteiger partial charge is 0.383 e. The Hall–Kier alpha value is -0.810. The van der Waals surface area contributed by atoms with Crippen LogP contribution in [0.25, 0.3) is 0 Å². The Kier molecular flexibility index (Phi) is 7.30. The van der Waals surface area contributed by atoms with Crippen LogP contribution < -0.4 is 10.2 Å². The maximum atomic E-state index is 6.06. The first-order valence-electron chi connectivity index (χ1n) is 7.72. The lowest BCUT2D eigenvalue weighted by Crippen LogP contribution is -2.47. The van der Waals surface area contributed by atoms with Crippen LogP contribution >= 0.6 is 11.6 Å². The molecule has 118 valence electrons. The number of rotatable bonds is 8. The zero-order valence-electron chi connectivity index (χ0n) is 12.9. The first-order chi connectivity index (χ1) is 10.3. The number of ether oxygens (including phenoxy) is 1. The summed E-state index contributed by atoms with van der Waals surface area (Å²) in [6.07, 6.45) is 1.20. The summed E-state index contributed by atoms with van der Waals surface area (Å²) in [6.45, 7) is 8.39. The van der Waals surface area contributed by atoms with E-state index >= 15 is 0 Å². The summed E-state index contributed by atoms with van der Waals surface area (Å²) in [4.78, 5) is 4.96. The van der Waals surface area contributed by atoms with Crippen LogP contribution in [0, 0.1) is 0 Å². The van der Waals surface area contributed by atoms with E-state index in [1.807, 2.05) is 12.1 Å². The minimum atomic E-state index is 0.790. The van der Waals surface area contributed by atoms with Gasteiger partial charge in [0.25, 0.3) is 0 Å². The van der Waals surface area contributed by atoms with Crippen molar-refractivity contribution in [2.24, 2.45) is 0 Å². The molecule has 1 heterocycles. The molecule has 21 heavy (non-hydrogen) atoms. The molecule has 0 aliphatic carbocycles. The summed E-state index contributed by atoms with van der Waals surface area (Å²) < 4.78 is 5.01. The van der Waals surface area contributed by atoms with Crippen LogP contribution in [0.5, 0.6) is 0 Å². The Labute approximate surface area is 133 Å². The second-order valence-corrected chi connectivity index (χ2v) is 5.84. The van der Waals surface area contributed by atoms with Gasteiger partial charge in [-0.05, 0) is 37.7 Å². The van der Waals surface area contributed by atoms with Crippen LogP contribution in [0.2, 0.25) is 5.02 Å². The maximum absolute atomic E-state index is 6.06. The Morgan fingerprint density at radius 1 is 1.19 bits per heavy atom. The smallest absolute Gasteiger partial charge is 0.0587 e. The van der Waals surface area contributed by atoms with E-state index in [0.29, 0.717) is 0 Å². The second kappa shape index (κ2) is 9.26. The molecule has 1 saturated heterocycles. The van der Waals surface area contributed by atoms with Gasteiger partial charge in [0.05, 0.1) is 6.61 Å². The van der Waals surface area contributed by atoms with Crippen molar-refractivity contribution in [2.45, 2.75) is 6.42 Å². The van der Waals surface area contributed by atoms with E-state index in [2.05, 4.69) is 27.2 Å². The molecular weight excluding hydrogens is 286 g/mol. The zero-order valence-corrected chi connectivity index (χ0v) is 13.6. The number of anilines is 1. The van der Waals surface area contributed by atoms with Gasteiger partial charge >= 0.3 is 0 Å². The molecule has 4 nitrogen and oxygen atoms in total. The van der Waals surface area contributed by atoms with E-state index in [1.165, 1.54) is 18.7 Å². The molecule has 0 saturated carbocycles. The molecule has 0 aromatic heterocycles. The third-order valence-corrected chi connectivity index (χ3v) is 4.09. The number of benzene rings is 1. The number of halogens is 1. The minimum Gasteiger partial charge on any atom is -0.383 e. The SMILES string of the molecule is COCCNCCCN1CCN(c2cccc(Cl)c2)CC1. The monoisotopic (exact) mass is 311 g/mol. The average Bonchev–Trinajstić information content (AvgIpc) is 2.51. The van der Waals surface area contributed by atoms with Crippen molar-refractivity contribution in [3.8, 4) is 0 Å². The highest BCUT2D eigenvalue weighted by molar-refractivity contribution is 6.30. The van der Waals surface area contributed by atoms with Gasteiger partial charge in [0.2, 0.25) is 0 Å². The summed E-state index contributed by atoms with van der Waals surface area (Å²) >= 11 is 6.06. The molecule has 1 fully saturated rings. The van der Waals surface area contributed by atoms with Crippen LogP contribution in [0.1, 0.15) is 6.42 Å². The van der Waals surface area contributed by atoms with Crippen molar-refractivity contribution in [3.05, 3.63) is 29.3 Å². The predicted molar refractivity (Wildman–Crippen MR) is 89.5 cm³/mol. The highest BCUT2D eigenvalue weighted by Crippen LogP contribution is 2.20. The molecule has 1 aliphatic heterocycles. The van der Waals surface area contributed by atoms with Crippen molar-refractivity contribution >= 4 is 17.3 Å². The van der Waals surface area contributed by atoms with Crippen LogP contribution in [0.4, 0.5) is 5.69 Å². The highest BCUT2D eigenvalue weighted by Gasteiger charge is 2.16. The summed E-state index contributed by atoms with van der Waals surface area (Å²) in [5.41, 5.74) is 1.24. The molecule has 1 aromatic carbocycles. The van der Waals surface area contributed by atoms with Gasteiger partial charge in [0.1, 0.15) is 0 Å². The lowest BCUT2D eigenvalue weighted by atomic mass is 10.2. The fourth-order valence-electron chi connectivity index (χ4n) is 2.63. The van der Waals surface area contributed by atoms with Gasteiger partial charge in [-0.2, -0.15) is 0 Å². The topological polar surface area (TPSA) is 27.7 Å². The van der Waals surface area contributed by atoms with Crippen molar-refractivity contribution in [1.29, 1.82) is 0 Å². The van der Waals surface area contributed by atoms with E-state index in [9.17, 15) is 0 Å². The molecule has 0 bridgehead atoms. The first-order valence-corrected chi connectivity index (χ1v) is 8.10. The fourth-order valence-corrected chi connectivity index (χ4v) is 2.81. The van der Waals surface area contributed by atoms with Crippen molar-refractivity contribution in [2.75, 3.05) is 64.4 Å². The Morgan fingerprint density at radius 2 is 2.00 bits per heavy atom. The molecule has 1 N–H and O–H groups in total. The predicted octanol–water partition coefficient (Wildman–Crippen LogP) is 2.09. The third kappa shape index (κ3) is 5.83. The molecule has 2 rings (SSSR count). The van der Waals surface area contributed by atoms with Gasteiger partial charge in [-0.1, -0.05) is 17.7 Å². The van der Waals surface area contributed by atoms with Crippen molar-refractivity contribution in [3.63, 3.8) is 0 Å². The normalized spacial score (nSPS) is 16.4. The number of hydrogen-bond donors (Lipinski definition) is 1. The summed E-state index contributed by atoms with van der Waals surface area (Å²) in [6, 6.07) is 8.14. The van der Waals surface area contributed by atoms with Crippen LogP contribution in [-0.2, 0) is 4.74 Å². The Balaban J connectivity index is 1.62. The number of methoxy groups -OCH3 is 1. The quantitative estimate of drug-likeness (QED) is 0.744. The number of nitrogens with one attached hydrogen (secondary N) is 1. The molecule has 0 atom stereocenters. The van der Waals surface area contributed by atoms with Gasteiger partial charge in [0, 0.05) is 50.5 Å². The third-order valence-electron chi connectivity index (χ3n) is 3.86. The molecule has 0 unspecified atom stereocenters. The number of piperazine rings is 1. The van der Waals surface area contributed by atoms with Crippen LogP contribution in [0.15, 0.2) is 24.3 Å². The summed E-state index contributed by atoms with van der Waals surface area (Å²) in [5.74, 6) is 0. The maximum Gasteiger partial charge on any atom is 0.0587 e. The van der Waals surface area contributed by atoms with Gasteiger partial charge in [0.15, 0.2) is 0 Å². The molecule has 0 radical (unpaired) electrons. The standard InChI is InChI=1S/C16H26ClN3O/c1-21-13-7-18-6-3-8-19-9-11-20(12-10-19)16-5-2-4-15(17)14-16/h2,4-5,14,18H,3,6-13H2,1H3. The first kappa shape index (κ1) is 16.6. The molecule has 1 aromatic rings. The Bertz CT molecular complexity index is 408. The van der Waals surface area contributed by atoms with Gasteiger partial charge < -0.3 is 15.0 Å². The van der Waals surface area contributed by atoms with Crippen LogP contribution in [-0.4, -0.2) is 64.4 Å². The van der Waals surface area contributed by atoms with Crippen LogP contribution in [0.3, 0.4) is 0 Å². The van der Waals surface area contributed by atoms with Gasteiger partial charge in [-0.3, -0.25) is 4.90 Å². The zero-order chi connectivity index (χ0) is 14.9. The van der Waals surface area contributed by atoms with Crippen molar-refractivity contribution < 1.29 is 4.74 Å². The van der Waals surface area contributed by atoms with Gasteiger partial charge in [-0.25, -0.2) is 0 Å². The van der Waals surface area contributed by atoms with E-state index in [-0.39, 0.29) is 0 Å². The number of hydrogen-bond acceptors (Lipinski definition) is 4. The van der Waals surface area contributed by atoms with Gasteiger partial charge in [-0.15, -0.1) is 0 Å². The number of nitrogens with zero attached hydrogens (tertiary/aromatic N) is 2. The molecule has 0 spiro atoms. The second-order valence-electron chi connectivity index (χ2n) is 5.40. The summed E-state index contributed by atoms with van der Waals surface area (Å²) in [7, 11) is 1.74.